The van der Waals surface area contributed by atoms with Gasteiger partial charge in [-0.25, -0.2) is 8.42 Å². The molecule has 1 saturated carbocycles. The van der Waals surface area contributed by atoms with E-state index in [0.29, 0.717) is 12.5 Å². The Morgan fingerprint density at radius 3 is 2.47 bits per heavy atom. The normalized spacial score (nSPS) is 37.4. The highest BCUT2D eigenvalue weighted by molar-refractivity contribution is 7.91. The number of sulfone groups is 1. The van der Waals surface area contributed by atoms with Crippen LogP contribution in [-0.4, -0.2) is 42.8 Å². The first-order valence-corrected chi connectivity index (χ1v) is 8.40. The van der Waals surface area contributed by atoms with E-state index in [4.69, 9.17) is 0 Å². The molecule has 4 nitrogen and oxygen atoms in total. The van der Waals surface area contributed by atoms with Crippen LogP contribution in [0.5, 0.6) is 0 Å². The van der Waals surface area contributed by atoms with E-state index in [1.807, 2.05) is 4.90 Å². The lowest BCUT2D eigenvalue weighted by atomic mass is 9.93. The molecule has 0 N–H and O–H groups in total. The van der Waals surface area contributed by atoms with E-state index >= 15 is 0 Å². The summed E-state index contributed by atoms with van der Waals surface area (Å²) in [6.07, 6.45) is 6.20. The number of rotatable bonds is 1. The third-order valence-corrected chi connectivity index (χ3v) is 6.27. The van der Waals surface area contributed by atoms with Gasteiger partial charge in [-0.2, -0.15) is 0 Å². The van der Waals surface area contributed by atoms with Crippen LogP contribution in [0, 0.1) is 5.92 Å². The number of carbonyl (C=O) groups excluding carboxylic acids is 1. The Labute approximate surface area is 102 Å². The van der Waals surface area contributed by atoms with E-state index in [-0.39, 0.29) is 29.4 Å². The summed E-state index contributed by atoms with van der Waals surface area (Å²) in [5, 5.41) is 0. The van der Waals surface area contributed by atoms with Gasteiger partial charge in [0.05, 0.1) is 17.5 Å². The molecule has 3 rings (SSSR count). The van der Waals surface area contributed by atoms with Crippen LogP contribution in [0.15, 0.2) is 0 Å². The minimum Gasteiger partial charge on any atom is -0.335 e. The van der Waals surface area contributed by atoms with Crippen molar-refractivity contribution in [3.05, 3.63) is 0 Å². The van der Waals surface area contributed by atoms with Gasteiger partial charge in [-0.05, 0) is 12.8 Å². The number of hydrogen-bond acceptors (Lipinski definition) is 3. The van der Waals surface area contributed by atoms with Gasteiger partial charge in [-0.15, -0.1) is 0 Å². The Balaban J connectivity index is 1.81. The van der Waals surface area contributed by atoms with Crippen LogP contribution in [0.2, 0.25) is 0 Å². The molecule has 0 bridgehead atoms. The molecule has 3 aliphatic rings. The van der Waals surface area contributed by atoms with Gasteiger partial charge in [-0.1, -0.05) is 19.3 Å². The van der Waals surface area contributed by atoms with E-state index in [2.05, 4.69) is 0 Å². The zero-order chi connectivity index (χ0) is 12.0. The summed E-state index contributed by atoms with van der Waals surface area (Å²) >= 11 is 0. The zero-order valence-corrected chi connectivity index (χ0v) is 10.8. The third kappa shape index (κ3) is 1.98. The number of amides is 1. The molecule has 2 aliphatic heterocycles. The van der Waals surface area contributed by atoms with E-state index in [1.165, 1.54) is 19.3 Å². The second kappa shape index (κ2) is 3.97. The maximum Gasteiger partial charge on any atom is 0.223 e. The van der Waals surface area contributed by atoms with Crippen molar-refractivity contribution < 1.29 is 13.2 Å². The highest BCUT2D eigenvalue weighted by atomic mass is 32.2. The van der Waals surface area contributed by atoms with E-state index in [0.717, 1.165) is 12.8 Å². The molecule has 5 heteroatoms. The van der Waals surface area contributed by atoms with Gasteiger partial charge in [0, 0.05) is 18.4 Å². The molecule has 0 unspecified atom stereocenters. The monoisotopic (exact) mass is 257 g/mol. The number of hydrogen-bond donors (Lipinski definition) is 0. The molecule has 3 fully saturated rings. The molecule has 0 spiro atoms. The zero-order valence-electron chi connectivity index (χ0n) is 9.97. The van der Waals surface area contributed by atoms with Gasteiger partial charge < -0.3 is 4.90 Å². The molecule has 17 heavy (non-hydrogen) atoms. The SMILES string of the molecule is O=C1C[C@@H]2CS(=O)(=O)C[C@H]2N1C1CCCCC1. The lowest BCUT2D eigenvalue weighted by Crippen LogP contribution is -2.44. The standard InChI is InChI=1S/C12H19NO3S/c14-12-6-9-7-17(15,16)8-11(9)13(12)10-4-2-1-3-5-10/h9-11H,1-8H2/t9-,11-/m1/s1. The fourth-order valence-corrected chi connectivity index (χ4v) is 5.83. The molecular formula is C12H19NO3S. The first-order valence-electron chi connectivity index (χ1n) is 6.58. The molecule has 1 amide bonds. The van der Waals surface area contributed by atoms with Crippen molar-refractivity contribution in [2.24, 2.45) is 5.92 Å². The van der Waals surface area contributed by atoms with Crippen LogP contribution in [0.25, 0.3) is 0 Å². The first kappa shape index (κ1) is 11.5. The Hall–Kier alpha value is -0.580. The number of carbonyl (C=O) groups is 1. The third-order valence-electron chi connectivity index (χ3n) is 4.49. The van der Waals surface area contributed by atoms with Gasteiger partial charge in [0.2, 0.25) is 5.91 Å². The minimum atomic E-state index is -2.89. The van der Waals surface area contributed by atoms with Crippen LogP contribution >= 0.6 is 0 Å². The van der Waals surface area contributed by atoms with Crippen LogP contribution < -0.4 is 0 Å². The van der Waals surface area contributed by atoms with Gasteiger partial charge in [0.25, 0.3) is 0 Å². The molecule has 0 radical (unpaired) electrons. The summed E-state index contributed by atoms with van der Waals surface area (Å²) in [6, 6.07) is 0.315. The highest BCUT2D eigenvalue weighted by Gasteiger charge is 2.50. The highest BCUT2D eigenvalue weighted by Crippen LogP contribution is 2.38. The molecule has 2 atom stereocenters. The predicted octanol–water partition coefficient (Wildman–Crippen LogP) is 0.965. The molecule has 0 aromatic rings. The van der Waals surface area contributed by atoms with Gasteiger partial charge in [-0.3, -0.25) is 4.79 Å². The molecule has 0 aromatic carbocycles. The predicted molar refractivity (Wildman–Crippen MR) is 64.3 cm³/mol. The largest absolute Gasteiger partial charge is 0.335 e. The number of nitrogens with zero attached hydrogens (tertiary/aromatic N) is 1. The fourth-order valence-electron chi connectivity index (χ4n) is 3.75. The van der Waals surface area contributed by atoms with Crippen LogP contribution in [-0.2, 0) is 14.6 Å². The van der Waals surface area contributed by atoms with Gasteiger partial charge in [0.1, 0.15) is 0 Å². The van der Waals surface area contributed by atoms with Crippen molar-refractivity contribution in [1.82, 2.24) is 4.90 Å². The van der Waals surface area contributed by atoms with E-state index in [9.17, 15) is 13.2 Å². The van der Waals surface area contributed by atoms with Crippen molar-refractivity contribution in [3.63, 3.8) is 0 Å². The fraction of sp³-hybridized carbons (Fsp3) is 0.917. The maximum atomic E-state index is 12.0. The summed E-state index contributed by atoms with van der Waals surface area (Å²) in [6.45, 7) is 0. The first-order chi connectivity index (χ1) is 8.07. The maximum absolute atomic E-state index is 12.0. The summed E-state index contributed by atoms with van der Waals surface area (Å²) in [4.78, 5) is 14.0. The average Bonchev–Trinajstić information content (AvgIpc) is 2.69. The number of fused-ring (bicyclic) bond motifs is 1. The minimum absolute atomic E-state index is 0.00407. The molecule has 2 heterocycles. The Bertz CT molecular complexity index is 425. The quantitative estimate of drug-likeness (QED) is 0.703. The van der Waals surface area contributed by atoms with Crippen LogP contribution in [0.1, 0.15) is 38.5 Å². The van der Waals surface area contributed by atoms with Crippen molar-refractivity contribution >= 4 is 15.7 Å². The van der Waals surface area contributed by atoms with Gasteiger partial charge >= 0.3 is 0 Å². The smallest absolute Gasteiger partial charge is 0.223 e. The number of likely N-dealkylation sites (tertiary alicyclic amines) is 1. The lowest BCUT2D eigenvalue weighted by Gasteiger charge is -2.35. The van der Waals surface area contributed by atoms with Crippen molar-refractivity contribution in [1.29, 1.82) is 0 Å². The molecule has 2 saturated heterocycles. The van der Waals surface area contributed by atoms with Crippen LogP contribution in [0.3, 0.4) is 0 Å². The van der Waals surface area contributed by atoms with Crippen molar-refractivity contribution in [2.75, 3.05) is 11.5 Å². The summed E-state index contributed by atoms with van der Waals surface area (Å²) < 4.78 is 23.3. The van der Waals surface area contributed by atoms with Crippen molar-refractivity contribution in [3.8, 4) is 0 Å². The molecule has 1 aliphatic carbocycles. The Morgan fingerprint density at radius 1 is 1.06 bits per heavy atom. The summed E-state index contributed by atoms with van der Waals surface area (Å²) in [5.41, 5.74) is 0. The van der Waals surface area contributed by atoms with Gasteiger partial charge in [0.15, 0.2) is 9.84 Å². The summed E-state index contributed by atoms with van der Waals surface area (Å²) in [7, 11) is -2.89. The second-order valence-electron chi connectivity index (χ2n) is 5.70. The Kier molecular flexibility index (Phi) is 2.69. The lowest BCUT2D eigenvalue weighted by molar-refractivity contribution is -0.131. The topological polar surface area (TPSA) is 54.5 Å². The molecule has 0 aromatic heterocycles. The average molecular weight is 257 g/mol. The Morgan fingerprint density at radius 2 is 1.76 bits per heavy atom. The van der Waals surface area contributed by atoms with E-state index in [1.54, 1.807) is 0 Å². The molecule has 96 valence electrons. The molecular weight excluding hydrogens is 238 g/mol. The summed E-state index contributed by atoms with van der Waals surface area (Å²) in [5.74, 6) is 0.711. The van der Waals surface area contributed by atoms with Crippen LogP contribution in [0.4, 0.5) is 0 Å². The van der Waals surface area contributed by atoms with Crippen molar-refractivity contribution in [2.45, 2.75) is 50.6 Å². The second-order valence-corrected chi connectivity index (χ2v) is 7.86. The van der Waals surface area contributed by atoms with E-state index < -0.39 is 9.84 Å².